The molecular weight excluding hydrogens is 405 g/mol. The molecule has 0 spiro atoms. The predicted octanol–water partition coefficient (Wildman–Crippen LogP) is 3.21. The molecule has 0 radical (unpaired) electrons. The number of benzene rings is 1. The Morgan fingerprint density at radius 3 is 2.61 bits per heavy atom. The number of hydrogen-bond donors (Lipinski definition) is 1. The number of aromatic nitrogens is 2. The third kappa shape index (κ3) is 3.84. The summed E-state index contributed by atoms with van der Waals surface area (Å²) in [5.74, 6) is -1.06. The van der Waals surface area contributed by atoms with Gasteiger partial charge in [-0.05, 0) is 49.6 Å². The van der Waals surface area contributed by atoms with E-state index in [1.165, 1.54) is 30.7 Å². The van der Waals surface area contributed by atoms with Gasteiger partial charge in [-0.2, -0.15) is 5.10 Å². The molecule has 3 rings (SSSR count). The van der Waals surface area contributed by atoms with Gasteiger partial charge in [-0.25, -0.2) is 27.0 Å². The van der Waals surface area contributed by atoms with Crippen molar-refractivity contribution in [2.45, 2.75) is 24.8 Å². The minimum atomic E-state index is -3.95. The zero-order valence-corrected chi connectivity index (χ0v) is 17.0. The highest BCUT2D eigenvalue weighted by Gasteiger charge is 2.27. The first-order chi connectivity index (χ1) is 13.2. The van der Waals surface area contributed by atoms with Crippen LogP contribution in [0.3, 0.4) is 0 Å². The third-order valence-corrected chi connectivity index (χ3v) is 6.81. The number of nitrogens with zero attached hydrogens (tertiary/aromatic N) is 2. The molecule has 0 aliphatic rings. The van der Waals surface area contributed by atoms with E-state index in [9.17, 15) is 17.6 Å². The Morgan fingerprint density at radius 1 is 1.29 bits per heavy atom. The lowest BCUT2D eigenvalue weighted by atomic mass is 10.1. The van der Waals surface area contributed by atoms with Gasteiger partial charge >= 0.3 is 5.97 Å². The lowest BCUT2D eigenvalue weighted by Crippen LogP contribution is -2.28. The van der Waals surface area contributed by atoms with Crippen LogP contribution in [0.15, 0.2) is 46.8 Å². The molecule has 0 aliphatic carbocycles. The molecule has 1 N–H and O–H groups in total. The second-order valence-corrected chi connectivity index (χ2v) is 8.62. The summed E-state index contributed by atoms with van der Waals surface area (Å²) >= 11 is 0.997. The van der Waals surface area contributed by atoms with Crippen molar-refractivity contribution in [3.63, 3.8) is 0 Å². The number of carbonyl (C=O) groups excluding carboxylic acids is 1. The Bertz CT molecular complexity index is 1100. The Kier molecular flexibility index (Phi) is 5.64. The number of thiophene rings is 1. The Morgan fingerprint density at radius 2 is 1.96 bits per heavy atom. The van der Waals surface area contributed by atoms with Gasteiger partial charge in [-0.1, -0.05) is 0 Å². The van der Waals surface area contributed by atoms with Crippen LogP contribution in [0, 0.1) is 12.7 Å². The second-order valence-electron chi connectivity index (χ2n) is 6.02. The van der Waals surface area contributed by atoms with Gasteiger partial charge in [0, 0.05) is 17.3 Å². The smallest absolute Gasteiger partial charge is 0.349 e. The standard InChI is InChI=1S/C18H18FN3O4S2/c1-11(21-28(24,25)16-8-9-27-17(16)18(23)26-3)15-10-20-22(12(15)2)14-6-4-13(19)5-7-14/h4-11,21H,1-3H3. The molecule has 0 amide bonds. The van der Waals surface area contributed by atoms with Crippen molar-refractivity contribution in [1.29, 1.82) is 0 Å². The van der Waals surface area contributed by atoms with E-state index in [1.807, 2.05) is 0 Å². The van der Waals surface area contributed by atoms with Crippen LogP contribution in [-0.2, 0) is 14.8 Å². The van der Waals surface area contributed by atoms with Crippen LogP contribution >= 0.6 is 11.3 Å². The number of halogens is 1. The van der Waals surface area contributed by atoms with E-state index < -0.39 is 22.0 Å². The Hall–Kier alpha value is -2.56. The van der Waals surface area contributed by atoms with Crippen molar-refractivity contribution >= 4 is 27.3 Å². The maximum absolute atomic E-state index is 13.1. The SMILES string of the molecule is COC(=O)c1sccc1S(=O)(=O)NC(C)c1cnn(-c2ccc(F)cc2)c1C. The van der Waals surface area contributed by atoms with Crippen molar-refractivity contribution in [2.75, 3.05) is 7.11 Å². The molecule has 1 unspecified atom stereocenters. The van der Waals surface area contributed by atoms with E-state index in [4.69, 9.17) is 0 Å². The van der Waals surface area contributed by atoms with Gasteiger partial charge < -0.3 is 4.74 Å². The zero-order valence-electron chi connectivity index (χ0n) is 15.3. The van der Waals surface area contributed by atoms with E-state index in [0.717, 1.165) is 11.3 Å². The van der Waals surface area contributed by atoms with Crippen LogP contribution in [0.4, 0.5) is 4.39 Å². The Labute approximate surface area is 165 Å². The van der Waals surface area contributed by atoms with Crippen LogP contribution in [0.25, 0.3) is 5.69 Å². The number of carbonyl (C=O) groups is 1. The van der Waals surface area contributed by atoms with E-state index >= 15 is 0 Å². The van der Waals surface area contributed by atoms with Crippen molar-refractivity contribution < 1.29 is 22.3 Å². The number of nitrogens with one attached hydrogen (secondary N) is 1. The summed E-state index contributed by atoms with van der Waals surface area (Å²) in [6, 6.07) is 6.58. The molecule has 0 saturated heterocycles. The van der Waals surface area contributed by atoms with Gasteiger partial charge in [0.05, 0.1) is 19.0 Å². The fourth-order valence-electron chi connectivity index (χ4n) is 2.80. The average Bonchev–Trinajstić information content (AvgIpc) is 3.29. The topological polar surface area (TPSA) is 90.3 Å². The van der Waals surface area contributed by atoms with Crippen LogP contribution in [0.2, 0.25) is 0 Å². The van der Waals surface area contributed by atoms with E-state index in [0.29, 0.717) is 16.9 Å². The lowest BCUT2D eigenvalue weighted by molar-refractivity contribution is 0.0602. The molecule has 2 aromatic heterocycles. The zero-order chi connectivity index (χ0) is 20.5. The molecule has 1 atom stereocenters. The number of rotatable bonds is 6. The number of esters is 1. The molecule has 148 valence electrons. The maximum Gasteiger partial charge on any atom is 0.349 e. The van der Waals surface area contributed by atoms with Crippen molar-refractivity contribution in [3.05, 3.63) is 63.9 Å². The molecule has 10 heteroatoms. The first-order valence-corrected chi connectivity index (χ1v) is 10.6. The van der Waals surface area contributed by atoms with E-state index in [2.05, 4.69) is 14.6 Å². The first-order valence-electron chi connectivity index (χ1n) is 8.23. The highest BCUT2D eigenvalue weighted by atomic mass is 32.2. The predicted molar refractivity (Wildman–Crippen MR) is 103 cm³/mol. The van der Waals surface area contributed by atoms with Gasteiger partial charge in [-0.15, -0.1) is 11.3 Å². The molecule has 0 bridgehead atoms. The molecule has 0 aliphatic heterocycles. The van der Waals surface area contributed by atoms with Crippen LogP contribution in [-0.4, -0.2) is 31.3 Å². The first kappa shape index (κ1) is 20.2. The average molecular weight is 423 g/mol. The van der Waals surface area contributed by atoms with Crippen LogP contribution in [0.1, 0.15) is 33.9 Å². The number of ether oxygens (including phenoxy) is 1. The van der Waals surface area contributed by atoms with Crippen LogP contribution < -0.4 is 4.72 Å². The molecule has 3 aromatic rings. The number of methoxy groups -OCH3 is 1. The summed E-state index contributed by atoms with van der Waals surface area (Å²) in [4.78, 5) is 11.7. The highest BCUT2D eigenvalue weighted by molar-refractivity contribution is 7.89. The number of hydrogen-bond acceptors (Lipinski definition) is 6. The Balaban J connectivity index is 1.87. The monoisotopic (exact) mass is 423 g/mol. The van der Waals surface area contributed by atoms with Gasteiger partial charge in [0.15, 0.2) is 0 Å². The normalized spacial score (nSPS) is 12.7. The summed E-state index contributed by atoms with van der Waals surface area (Å²) in [6.07, 6.45) is 1.56. The fourth-order valence-corrected chi connectivity index (χ4v) is 5.36. The van der Waals surface area contributed by atoms with E-state index in [-0.39, 0.29) is 15.6 Å². The second kappa shape index (κ2) is 7.82. The minimum Gasteiger partial charge on any atom is -0.465 e. The molecule has 7 nitrogen and oxygen atoms in total. The summed E-state index contributed by atoms with van der Waals surface area (Å²) in [7, 11) is -2.76. The maximum atomic E-state index is 13.1. The van der Waals surface area contributed by atoms with Crippen molar-refractivity contribution in [3.8, 4) is 5.69 Å². The largest absolute Gasteiger partial charge is 0.465 e. The highest BCUT2D eigenvalue weighted by Crippen LogP contribution is 2.26. The molecule has 1 aromatic carbocycles. The molecular formula is C18H18FN3O4S2. The van der Waals surface area contributed by atoms with Gasteiger partial charge in [-0.3, -0.25) is 0 Å². The fraction of sp³-hybridized carbons (Fsp3) is 0.222. The minimum absolute atomic E-state index is 0.0147. The summed E-state index contributed by atoms with van der Waals surface area (Å²) in [5, 5.41) is 5.79. The van der Waals surface area contributed by atoms with Gasteiger partial charge in [0.25, 0.3) is 0 Å². The quantitative estimate of drug-likeness (QED) is 0.615. The van der Waals surface area contributed by atoms with Gasteiger partial charge in [0.2, 0.25) is 10.0 Å². The van der Waals surface area contributed by atoms with E-state index in [1.54, 1.807) is 36.9 Å². The van der Waals surface area contributed by atoms with Crippen molar-refractivity contribution in [1.82, 2.24) is 14.5 Å². The van der Waals surface area contributed by atoms with Crippen LogP contribution in [0.5, 0.6) is 0 Å². The molecule has 2 heterocycles. The third-order valence-electron chi connectivity index (χ3n) is 4.21. The summed E-state index contributed by atoms with van der Waals surface area (Å²) in [6.45, 7) is 3.47. The number of sulfonamides is 1. The molecule has 0 saturated carbocycles. The summed E-state index contributed by atoms with van der Waals surface area (Å²) in [5.41, 5.74) is 2.02. The molecule has 0 fully saturated rings. The van der Waals surface area contributed by atoms with Gasteiger partial charge in [0.1, 0.15) is 15.6 Å². The molecule has 28 heavy (non-hydrogen) atoms. The van der Waals surface area contributed by atoms with Crippen molar-refractivity contribution in [2.24, 2.45) is 0 Å². The summed E-state index contributed by atoms with van der Waals surface area (Å²) < 4.78 is 47.5. The lowest BCUT2D eigenvalue weighted by Gasteiger charge is -2.14.